The van der Waals surface area contributed by atoms with E-state index in [0.717, 1.165) is 44.5 Å². The van der Waals surface area contributed by atoms with Crippen molar-refractivity contribution in [2.75, 3.05) is 7.11 Å². The predicted octanol–water partition coefficient (Wildman–Crippen LogP) is 7.07. The van der Waals surface area contributed by atoms with Gasteiger partial charge in [0.05, 0.1) is 13.0 Å². The molecule has 1 atom stereocenters. The van der Waals surface area contributed by atoms with E-state index >= 15 is 0 Å². The number of fused-ring (bicyclic) bond motifs is 3. The summed E-state index contributed by atoms with van der Waals surface area (Å²) < 4.78 is 17.8. The number of carbonyl (C=O) groups is 1. The highest BCUT2D eigenvalue weighted by Crippen LogP contribution is 2.45. The topological polar surface area (TPSA) is 44.8 Å². The molecule has 0 bridgehead atoms. The van der Waals surface area contributed by atoms with E-state index in [1.165, 1.54) is 0 Å². The molecule has 0 fully saturated rings. The molecule has 0 radical (unpaired) electrons. The Morgan fingerprint density at radius 3 is 2.34 bits per heavy atom. The number of methoxy groups -OCH3 is 1. The highest BCUT2D eigenvalue weighted by Gasteiger charge is 2.38. The van der Waals surface area contributed by atoms with E-state index in [4.69, 9.17) is 14.2 Å². The molecule has 0 unspecified atom stereocenters. The van der Waals surface area contributed by atoms with Crippen LogP contribution in [-0.4, -0.2) is 13.1 Å². The summed E-state index contributed by atoms with van der Waals surface area (Å²) in [5.41, 5.74) is 3.39. The van der Waals surface area contributed by atoms with Crippen LogP contribution in [0.3, 0.4) is 0 Å². The van der Waals surface area contributed by atoms with E-state index in [2.05, 4.69) is 31.2 Å². The van der Waals surface area contributed by atoms with Crippen molar-refractivity contribution in [2.24, 2.45) is 5.92 Å². The van der Waals surface area contributed by atoms with Crippen molar-refractivity contribution in [3.05, 3.63) is 107 Å². The summed E-state index contributed by atoms with van der Waals surface area (Å²) in [5.74, 6) is 1.65. The fourth-order valence-corrected chi connectivity index (χ4v) is 4.55. The van der Waals surface area contributed by atoms with Crippen molar-refractivity contribution in [1.82, 2.24) is 0 Å². The Hall–Kier alpha value is -4.05. The molecule has 1 aliphatic rings. The van der Waals surface area contributed by atoms with Gasteiger partial charge in [0.25, 0.3) is 0 Å². The minimum Gasteiger partial charge on any atom is -0.497 e. The lowest BCUT2D eigenvalue weighted by atomic mass is 9.81. The number of esters is 1. The van der Waals surface area contributed by atoms with E-state index in [1.54, 1.807) is 7.11 Å². The van der Waals surface area contributed by atoms with Crippen LogP contribution < -0.4 is 14.2 Å². The maximum atomic E-state index is 12.1. The summed E-state index contributed by atoms with van der Waals surface area (Å²) in [6.07, 6.45) is 4.23. The van der Waals surface area contributed by atoms with Gasteiger partial charge in [-0.15, -0.1) is 0 Å². The standard InChI is InChI=1S/C31H28O4/c1-20(2)30(32)34-25-13-9-22-10-16-29-26(27(22)19-25)17-18-31(35-29,28-8-6-5-7-21(28)3)23-11-14-24(33-4)15-12-23/h5-20H,1-4H3/t31-/m0/s1. The van der Waals surface area contributed by atoms with Crippen LogP contribution in [0.25, 0.3) is 16.8 Å². The molecule has 0 aliphatic carbocycles. The van der Waals surface area contributed by atoms with Crippen LogP contribution >= 0.6 is 0 Å². The second-order valence-corrected chi connectivity index (χ2v) is 9.15. The zero-order valence-corrected chi connectivity index (χ0v) is 20.4. The van der Waals surface area contributed by atoms with Gasteiger partial charge in [0.1, 0.15) is 17.2 Å². The van der Waals surface area contributed by atoms with E-state index < -0.39 is 5.60 Å². The summed E-state index contributed by atoms with van der Waals surface area (Å²) in [6.45, 7) is 5.75. The second kappa shape index (κ2) is 8.95. The molecule has 0 saturated carbocycles. The fraction of sp³-hybridized carbons (Fsp3) is 0.194. The number of ether oxygens (including phenoxy) is 3. The third-order valence-electron chi connectivity index (χ3n) is 6.50. The smallest absolute Gasteiger partial charge is 0.313 e. The predicted molar refractivity (Wildman–Crippen MR) is 139 cm³/mol. The van der Waals surface area contributed by atoms with Gasteiger partial charge in [0.2, 0.25) is 0 Å². The molecular weight excluding hydrogens is 436 g/mol. The van der Waals surface area contributed by atoms with Gasteiger partial charge in [0.15, 0.2) is 5.60 Å². The Balaban J connectivity index is 1.65. The number of hydrogen-bond donors (Lipinski definition) is 0. The Kier molecular flexibility index (Phi) is 5.81. The molecule has 0 saturated heterocycles. The molecule has 0 aromatic heterocycles. The van der Waals surface area contributed by atoms with Crippen molar-refractivity contribution in [3.63, 3.8) is 0 Å². The molecule has 4 heteroatoms. The zero-order valence-electron chi connectivity index (χ0n) is 20.4. The SMILES string of the molecule is COc1ccc([C@]2(c3ccccc3C)C=Cc3c(ccc4ccc(OC(=O)C(C)C)cc34)O2)cc1. The Bertz CT molecular complexity index is 1430. The number of benzene rings is 4. The minimum absolute atomic E-state index is 0.196. The first kappa shape index (κ1) is 22.7. The highest BCUT2D eigenvalue weighted by molar-refractivity contribution is 5.95. The number of rotatable bonds is 5. The molecule has 35 heavy (non-hydrogen) atoms. The molecule has 0 spiro atoms. The van der Waals surface area contributed by atoms with Crippen LogP contribution in [0.1, 0.15) is 36.1 Å². The lowest BCUT2D eigenvalue weighted by Gasteiger charge is -2.37. The molecule has 176 valence electrons. The van der Waals surface area contributed by atoms with Gasteiger partial charge < -0.3 is 14.2 Å². The van der Waals surface area contributed by atoms with E-state index in [9.17, 15) is 4.79 Å². The number of carbonyl (C=O) groups excluding carboxylic acids is 1. The fourth-order valence-electron chi connectivity index (χ4n) is 4.55. The largest absolute Gasteiger partial charge is 0.497 e. The van der Waals surface area contributed by atoms with Gasteiger partial charge in [-0.3, -0.25) is 4.79 Å². The van der Waals surface area contributed by atoms with E-state index in [1.807, 2.05) is 80.6 Å². The first-order valence-electron chi connectivity index (χ1n) is 11.8. The Morgan fingerprint density at radius 1 is 0.914 bits per heavy atom. The summed E-state index contributed by atoms with van der Waals surface area (Å²) >= 11 is 0. The van der Waals surface area contributed by atoms with Crippen LogP contribution in [0, 0.1) is 12.8 Å². The maximum Gasteiger partial charge on any atom is 0.313 e. The molecule has 4 aromatic carbocycles. The van der Waals surface area contributed by atoms with Crippen molar-refractivity contribution < 1.29 is 19.0 Å². The quantitative estimate of drug-likeness (QED) is 0.234. The van der Waals surface area contributed by atoms with Crippen molar-refractivity contribution in [2.45, 2.75) is 26.4 Å². The lowest BCUT2D eigenvalue weighted by Crippen LogP contribution is -2.35. The summed E-state index contributed by atoms with van der Waals surface area (Å²) in [6, 6.07) is 26.1. The van der Waals surface area contributed by atoms with Gasteiger partial charge in [-0.05, 0) is 65.7 Å². The third kappa shape index (κ3) is 4.06. The van der Waals surface area contributed by atoms with Crippen molar-refractivity contribution in [1.29, 1.82) is 0 Å². The Labute approximate surface area is 205 Å². The second-order valence-electron chi connectivity index (χ2n) is 9.15. The van der Waals surface area contributed by atoms with E-state index in [0.29, 0.717) is 5.75 Å². The highest BCUT2D eigenvalue weighted by atomic mass is 16.5. The van der Waals surface area contributed by atoms with Crippen LogP contribution in [-0.2, 0) is 10.4 Å². The van der Waals surface area contributed by atoms with Gasteiger partial charge >= 0.3 is 5.97 Å². The van der Waals surface area contributed by atoms with E-state index in [-0.39, 0.29) is 11.9 Å². The van der Waals surface area contributed by atoms with Gasteiger partial charge in [-0.2, -0.15) is 0 Å². The van der Waals surface area contributed by atoms with Gasteiger partial charge in [0, 0.05) is 16.7 Å². The molecule has 0 N–H and O–H groups in total. The van der Waals surface area contributed by atoms with Gasteiger partial charge in [-0.25, -0.2) is 0 Å². The summed E-state index contributed by atoms with van der Waals surface area (Å²) in [7, 11) is 1.66. The molecule has 4 nitrogen and oxygen atoms in total. The lowest BCUT2D eigenvalue weighted by molar-refractivity contribution is -0.137. The van der Waals surface area contributed by atoms with Crippen LogP contribution in [0.2, 0.25) is 0 Å². The minimum atomic E-state index is -0.792. The van der Waals surface area contributed by atoms with Crippen LogP contribution in [0.5, 0.6) is 17.2 Å². The monoisotopic (exact) mass is 464 g/mol. The molecule has 4 aromatic rings. The number of hydrogen-bond acceptors (Lipinski definition) is 4. The van der Waals surface area contributed by atoms with Crippen molar-refractivity contribution >= 4 is 22.8 Å². The third-order valence-corrected chi connectivity index (χ3v) is 6.50. The molecular formula is C31H28O4. The average molecular weight is 465 g/mol. The average Bonchev–Trinajstić information content (AvgIpc) is 2.88. The summed E-state index contributed by atoms with van der Waals surface area (Å²) in [5, 5.41) is 2.02. The molecule has 1 heterocycles. The molecule has 0 amide bonds. The molecule has 1 aliphatic heterocycles. The Morgan fingerprint density at radius 2 is 1.63 bits per heavy atom. The zero-order chi connectivity index (χ0) is 24.6. The first-order chi connectivity index (χ1) is 16.9. The van der Waals surface area contributed by atoms with Crippen LogP contribution in [0.15, 0.2) is 84.9 Å². The molecule has 5 rings (SSSR count). The van der Waals surface area contributed by atoms with Gasteiger partial charge in [-0.1, -0.05) is 62.4 Å². The maximum absolute atomic E-state index is 12.1. The van der Waals surface area contributed by atoms with Crippen LogP contribution in [0.4, 0.5) is 0 Å². The summed E-state index contributed by atoms with van der Waals surface area (Å²) in [4.78, 5) is 12.1. The normalized spacial score (nSPS) is 16.6. The van der Waals surface area contributed by atoms with Crippen molar-refractivity contribution in [3.8, 4) is 17.2 Å². The first-order valence-corrected chi connectivity index (χ1v) is 11.8. The number of aryl methyl sites for hydroxylation is 1.